The monoisotopic (exact) mass is 152 g/mol. The molecular formula is C4H10NO3S-. The highest BCUT2D eigenvalue weighted by Gasteiger charge is 1.82. The highest BCUT2D eigenvalue weighted by molar-refractivity contribution is 7.77. The first-order valence-electron chi connectivity index (χ1n) is 2.68. The first-order valence-corrected chi connectivity index (χ1v) is 3.75. The summed E-state index contributed by atoms with van der Waals surface area (Å²) in [6.45, 7) is 2.61. The van der Waals surface area contributed by atoms with Crippen LogP contribution in [0.2, 0.25) is 0 Å². The van der Waals surface area contributed by atoms with Crippen molar-refractivity contribution in [2.24, 2.45) is 0 Å². The van der Waals surface area contributed by atoms with Crippen molar-refractivity contribution >= 4 is 11.3 Å². The molecule has 0 aliphatic heterocycles. The van der Waals surface area contributed by atoms with Crippen molar-refractivity contribution in [1.29, 1.82) is 0 Å². The summed E-state index contributed by atoms with van der Waals surface area (Å²) in [5, 5.41) is 0. The van der Waals surface area contributed by atoms with E-state index in [-0.39, 0.29) is 6.73 Å². The Morgan fingerprint density at radius 1 is 1.78 bits per heavy atom. The average molecular weight is 152 g/mol. The zero-order chi connectivity index (χ0) is 7.11. The van der Waals surface area contributed by atoms with Gasteiger partial charge >= 0.3 is 0 Å². The highest BCUT2D eigenvalue weighted by atomic mass is 32.2. The maximum Gasteiger partial charge on any atom is 0.107 e. The van der Waals surface area contributed by atoms with Crippen molar-refractivity contribution in [3.63, 3.8) is 0 Å². The summed E-state index contributed by atoms with van der Waals surface area (Å²) in [7, 11) is 0. The maximum absolute atomic E-state index is 9.77. The van der Waals surface area contributed by atoms with Crippen molar-refractivity contribution in [3.8, 4) is 0 Å². The van der Waals surface area contributed by atoms with Crippen LogP contribution in [-0.2, 0) is 16.0 Å². The van der Waals surface area contributed by atoms with Gasteiger partial charge in [-0.05, 0) is 6.42 Å². The number of hydrogen-bond donors (Lipinski definition) is 1. The predicted octanol–water partition coefficient (Wildman–Crippen LogP) is -0.246. The standard InChI is InChI=1S/C4H11NO3S/c1-2-3-8-4-5-9(6)7/h5H,2-4H2,1H3,(H,6,7)/p-1. The Morgan fingerprint density at radius 3 is 2.89 bits per heavy atom. The smallest absolute Gasteiger partial charge is 0.107 e. The van der Waals surface area contributed by atoms with Gasteiger partial charge in [-0.3, -0.25) is 4.21 Å². The highest BCUT2D eigenvalue weighted by Crippen LogP contribution is 1.76. The minimum Gasteiger partial charge on any atom is -0.760 e. The van der Waals surface area contributed by atoms with E-state index in [4.69, 9.17) is 4.74 Å². The van der Waals surface area contributed by atoms with Crippen molar-refractivity contribution in [2.45, 2.75) is 13.3 Å². The van der Waals surface area contributed by atoms with Gasteiger partial charge in [0.05, 0.1) is 0 Å². The maximum atomic E-state index is 9.77. The van der Waals surface area contributed by atoms with Crippen LogP contribution in [0.25, 0.3) is 0 Å². The molecule has 9 heavy (non-hydrogen) atoms. The molecule has 0 saturated heterocycles. The minimum absolute atomic E-state index is 0.0734. The van der Waals surface area contributed by atoms with Gasteiger partial charge in [0.1, 0.15) is 6.73 Å². The molecule has 1 unspecified atom stereocenters. The van der Waals surface area contributed by atoms with Crippen LogP contribution in [0.1, 0.15) is 13.3 Å². The topological polar surface area (TPSA) is 61.4 Å². The first kappa shape index (κ1) is 9.03. The van der Waals surface area contributed by atoms with Crippen LogP contribution in [-0.4, -0.2) is 22.1 Å². The molecule has 0 heterocycles. The molecule has 56 valence electrons. The third kappa shape index (κ3) is 8.03. The lowest BCUT2D eigenvalue weighted by Gasteiger charge is -2.06. The largest absolute Gasteiger partial charge is 0.760 e. The number of nitrogens with one attached hydrogen (secondary N) is 1. The van der Waals surface area contributed by atoms with E-state index in [0.717, 1.165) is 6.42 Å². The summed E-state index contributed by atoms with van der Waals surface area (Å²) in [5.41, 5.74) is 0. The van der Waals surface area contributed by atoms with Gasteiger partial charge in [-0.15, -0.1) is 0 Å². The van der Waals surface area contributed by atoms with E-state index in [1.807, 2.05) is 6.92 Å². The Morgan fingerprint density at radius 2 is 2.44 bits per heavy atom. The van der Waals surface area contributed by atoms with E-state index in [2.05, 4.69) is 4.72 Å². The van der Waals surface area contributed by atoms with Gasteiger partial charge in [-0.2, -0.15) is 0 Å². The van der Waals surface area contributed by atoms with Crippen molar-refractivity contribution in [3.05, 3.63) is 0 Å². The van der Waals surface area contributed by atoms with E-state index in [1.54, 1.807) is 0 Å². The van der Waals surface area contributed by atoms with E-state index >= 15 is 0 Å². The molecule has 1 atom stereocenters. The van der Waals surface area contributed by atoms with Gasteiger partial charge in [0.15, 0.2) is 0 Å². The first-order chi connectivity index (χ1) is 4.27. The third-order valence-corrected chi connectivity index (χ3v) is 0.981. The van der Waals surface area contributed by atoms with Crippen LogP contribution in [0.4, 0.5) is 0 Å². The van der Waals surface area contributed by atoms with E-state index in [9.17, 15) is 8.76 Å². The summed E-state index contributed by atoms with van der Waals surface area (Å²) in [4.78, 5) is 0. The second-order valence-electron chi connectivity index (χ2n) is 1.43. The normalized spacial score (nSPS) is 13.6. The molecule has 0 spiro atoms. The van der Waals surface area contributed by atoms with Gasteiger partial charge in [0.25, 0.3) is 0 Å². The summed E-state index contributed by atoms with van der Waals surface area (Å²) >= 11 is -2.19. The minimum atomic E-state index is -2.19. The second kappa shape index (κ2) is 6.15. The fourth-order valence-corrected chi connectivity index (χ4v) is 0.486. The molecule has 0 radical (unpaired) electrons. The van der Waals surface area contributed by atoms with Gasteiger partial charge < -0.3 is 9.29 Å². The molecule has 0 aromatic heterocycles. The Labute approximate surface area is 57.0 Å². The van der Waals surface area contributed by atoms with Crippen LogP contribution in [0.5, 0.6) is 0 Å². The van der Waals surface area contributed by atoms with E-state index < -0.39 is 11.3 Å². The third-order valence-electron chi connectivity index (χ3n) is 0.627. The zero-order valence-electron chi connectivity index (χ0n) is 5.25. The fraction of sp³-hybridized carbons (Fsp3) is 1.00. The van der Waals surface area contributed by atoms with Crippen LogP contribution in [0.3, 0.4) is 0 Å². The molecule has 1 N–H and O–H groups in total. The average Bonchev–Trinajstić information content (AvgIpc) is 1.80. The molecule has 0 aromatic carbocycles. The summed E-state index contributed by atoms with van der Waals surface area (Å²) in [6.07, 6.45) is 0.896. The second-order valence-corrected chi connectivity index (χ2v) is 2.19. The molecule has 0 aromatic rings. The molecular weight excluding hydrogens is 142 g/mol. The Kier molecular flexibility index (Phi) is 6.18. The summed E-state index contributed by atoms with van der Waals surface area (Å²) in [6, 6.07) is 0. The van der Waals surface area contributed by atoms with Gasteiger partial charge in [-0.1, -0.05) is 6.92 Å². The number of hydrogen-bond acceptors (Lipinski definition) is 3. The number of rotatable bonds is 5. The number of ether oxygens (including phenoxy) is 1. The van der Waals surface area contributed by atoms with Crippen LogP contribution in [0.15, 0.2) is 0 Å². The molecule has 0 rings (SSSR count). The molecule has 0 fully saturated rings. The lowest BCUT2D eigenvalue weighted by atomic mass is 10.5. The molecule has 0 amide bonds. The Balaban J connectivity index is 2.83. The van der Waals surface area contributed by atoms with Crippen molar-refractivity contribution in [1.82, 2.24) is 4.72 Å². The Hall–Kier alpha value is 0.0300. The van der Waals surface area contributed by atoms with Crippen LogP contribution >= 0.6 is 0 Å². The van der Waals surface area contributed by atoms with Gasteiger partial charge in [0.2, 0.25) is 0 Å². The molecule has 0 aliphatic carbocycles. The molecule has 0 saturated carbocycles. The summed E-state index contributed by atoms with van der Waals surface area (Å²) in [5.74, 6) is 0. The van der Waals surface area contributed by atoms with Crippen molar-refractivity contribution in [2.75, 3.05) is 13.3 Å². The SMILES string of the molecule is CCCOCNS(=O)[O-]. The lowest BCUT2D eigenvalue weighted by molar-refractivity contribution is 0.131. The predicted molar refractivity (Wildman–Crippen MR) is 33.2 cm³/mol. The fourth-order valence-electron chi connectivity index (χ4n) is 0.306. The Bertz CT molecular complexity index is 87.9. The summed E-state index contributed by atoms with van der Waals surface area (Å²) < 4.78 is 26.4. The van der Waals surface area contributed by atoms with E-state index in [1.165, 1.54) is 0 Å². The quantitative estimate of drug-likeness (QED) is 0.336. The van der Waals surface area contributed by atoms with Gasteiger partial charge in [0, 0.05) is 17.9 Å². The zero-order valence-corrected chi connectivity index (χ0v) is 6.07. The molecule has 0 aliphatic rings. The molecule has 0 bridgehead atoms. The van der Waals surface area contributed by atoms with Crippen molar-refractivity contribution < 1.29 is 13.5 Å². The molecule has 5 heteroatoms. The lowest BCUT2D eigenvalue weighted by Crippen LogP contribution is -2.20. The van der Waals surface area contributed by atoms with Gasteiger partial charge in [-0.25, -0.2) is 4.72 Å². The van der Waals surface area contributed by atoms with Crippen LogP contribution < -0.4 is 4.72 Å². The van der Waals surface area contributed by atoms with Crippen LogP contribution in [0, 0.1) is 0 Å². The van der Waals surface area contributed by atoms with E-state index in [0.29, 0.717) is 6.61 Å². The molecule has 4 nitrogen and oxygen atoms in total.